The molecule has 0 aliphatic carbocycles. The average molecular weight is 226 g/mol. The van der Waals surface area contributed by atoms with Crippen LogP contribution in [0, 0.1) is 5.82 Å². The van der Waals surface area contributed by atoms with Crippen molar-refractivity contribution in [2.45, 2.75) is 0 Å². The van der Waals surface area contributed by atoms with Gasteiger partial charge in [-0.3, -0.25) is 0 Å². The molecule has 0 aliphatic rings. The highest BCUT2D eigenvalue weighted by molar-refractivity contribution is 6.30. The molecule has 0 unspecified atom stereocenters. The quantitative estimate of drug-likeness (QED) is 0.852. The van der Waals surface area contributed by atoms with Crippen LogP contribution in [-0.4, -0.2) is 9.55 Å². The van der Waals surface area contributed by atoms with Gasteiger partial charge in [0, 0.05) is 30.2 Å². The van der Waals surface area contributed by atoms with Gasteiger partial charge in [0.25, 0.3) is 0 Å². The molecule has 3 nitrogen and oxygen atoms in total. The van der Waals surface area contributed by atoms with Crippen LogP contribution >= 0.6 is 11.6 Å². The summed E-state index contributed by atoms with van der Waals surface area (Å²) in [5, 5.41) is 3.31. The smallest absolute Gasteiger partial charge is 0.207 e. The highest BCUT2D eigenvalue weighted by Crippen LogP contribution is 2.20. The molecular weight excluding hydrogens is 217 g/mol. The van der Waals surface area contributed by atoms with Gasteiger partial charge >= 0.3 is 0 Å². The third kappa shape index (κ3) is 2.27. The van der Waals surface area contributed by atoms with Gasteiger partial charge in [-0.05, 0) is 18.2 Å². The number of halogens is 2. The molecule has 78 valence electrons. The minimum absolute atomic E-state index is 0.353. The molecule has 0 spiro atoms. The molecule has 15 heavy (non-hydrogen) atoms. The number of nitrogens with zero attached hydrogens (tertiary/aromatic N) is 2. The van der Waals surface area contributed by atoms with E-state index < -0.39 is 0 Å². The number of hydrogen-bond donors (Lipinski definition) is 1. The molecule has 2 rings (SSSR count). The number of imidazole rings is 1. The average Bonchev–Trinajstić information content (AvgIpc) is 2.50. The van der Waals surface area contributed by atoms with Crippen LogP contribution in [0.1, 0.15) is 0 Å². The Hall–Kier alpha value is -1.55. The van der Waals surface area contributed by atoms with E-state index in [2.05, 4.69) is 10.3 Å². The van der Waals surface area contributed by atoms with Crippen LogP contribution in [-0.2, 0) is 7.05 Å². The van der Waals surface area contributed by atoms with E-state index in [9.17, 15) is 4.39 Å². The summed E-state index contributed by atoms with van der Waals surface area (Å²) in [6, 6.07) is 4.25. The summed E-state index contributed by atoms with van der Waals surface area (Å²) in [6.07, 6.45) is 3.45. The highest BCUT2D eigenvalue weighted by atomic mass is 35.5. The second-order valence-electron chi connectivity index (χ2n) is 3.14. The third-order valence-electron chi connectivity index (χ3n) is 1.94. The molecule has 5 heteroatoms. The Kier molecular flexibility index (Phi) is 2.60. The maximum atomic E-state index is 13.0. The molecule has 1 N–H and O–H groups in total. The summed E-state index contributed by atoms with van der Waals surface area (Å²) in [5.41, 5.74) is 0.578. The summed E-state index contributed by atoms with van der Waals surface area (Å²) >= 11 is 5.72. The Balaban J connectivity index is 2.28. The van der Waals surface area contributed by atoms with E-state index in [0.717, 1.165) is 0 Å². The van der Waals surface area contributed by atoms with Gasteiger partial charge in [-0.2, -0.15) is 0 Å². The molecule has 0 fully saturated rings. The Labute approximate surface area is 91.5 Å². The number of rotatable bonds is 2. The summed E-state index contributed by atoms with van der Waals surface area (Å²) in [4.78, 5) is 4.06. The summed E-state index contributed by atoms with van der Waals surface area (Å²) in [6.45, 7) is 0. The first-order chi connectivity index (χ1) is 7.15. The van der Waals surface area contributed by atoms with E-state index >= 15 is 0 Å². The molecule has 1 aromatic heterocycles. The van der Waals surface area contributed by atoms with Gasteiger partial charge < -0.3 is 9.88 Å². The van der Waals surface area contributed by atoms with Gasteiger partial charge in [0.2, 0.25) is 5.95 Å². The molecule has 2 aromatic rings. The minimum Gasteiger partial charge on any atom is -0.325 e. The number of hydrogen-bond acceptors (Lipinski definition) is 2. The zero-order valence-electron chi connectivity index (χ0n) is 8.04. The minimum atomic E-state index is -0.376. The van der Waals surface area contributed by atoms with E-state index in [4.69, 9.17) is 11.6 Å². The molecule has 0 saturated carbocycles. The van der Waals surface area contributed by atoms with Crippen molar-refractivity contribution < 1.29 is 4.39 Å². The molecule has 1 aromatic carbocycles. The van der Waals surface area contributed by atoms with E-state index in [1.54, 1.807) is 23.0 Å². The van der Waals surface area contributed by atoms with Crippen LogP contribution in [0.3, 0.4) is 0 Å². The van der Waals surface area contributed by atoms with Gasteiger partial charge in [-0.15, -0.1) is 0 Å². The van der Waals surface area contributed by atoms with Crippen molar-refractivity contribution >= 4 is 23.2 Å². The van der Waals surface area contributed by atoms with Crippen LogP contribution in [0.4, 0.5) is 16.0 Å². The molecule has 0 amide bonds. The van der Waals surface area contributed by atoms with Crippen molar-refractivity contribution in [2.24, 2.45) is 7.05 Å². The van der Waals surface area contributed by atoms with Gasteiger partial charge in [0.1, 0.15) is 5.82 Å². The summed E-state index contributed by atoms with van der Waals surface area (Å²) in [7, 11) is 1.84. The Bertz CT molecular complexity index is 461. The van der Waals surface area contributed by atoms with Crippen molar-refractivity contribution in [1.29, 1.82) is 0 Å². The van der Waals surface area contributed by atoms with Crippen molar-refractivity contribution in [3.63, 3.8) is 0 Å². The predicted octanol–water partition coefficient (Wildman–Crippen LogP) is 2.96. The van der Waals surface area contributed by atoms with Crippen LogP contribution in [0.2, 0.25) is 5.02 Å². The Morgan fingerprint density at radius 1 is 1.40 bits per heavy atom. The fourth-order valence-corrected chi connectivity index (χ4v) is 1.46. The first-order valence-corrected chi connectivity index (χ1v) is 4.73. The van der Waals surface area contributed by atoms with Gasteiger partial charge in [0.05, 0.1) is 0 Å². The van der Waals surface area contributed by atoms with Crippen molar-refractivity contribution in [2.75, 3.05) is 5.32 Å². The molecule has 1 heterocycles. The molecule has 0 saturated heterocycles. The zero-order chi connectivity index (χ0) is 10.8. The zero-order valence-corrected chi connectivity index (χ0v) is 8.79. The first kappa shape index (κ1) is 9.98. The monoisotopic (exact) mass is 225 g/mol. The second kappa shape index (κ2) is 3.90. The fourth-order valence-electron chi connectivity index (χ4n) is 1.24. The molecular formula is C10H9ClFN3. The lowest BCUT2D eigenvalue weighted by Gasteiger charge is -2.06. The number of aryl methyl sites for hydroxylation is 1. The first-order valence-electron chi connectivity index (χ1n) is 4.35. The Morgan fingerprint density at radius 2 is 2.20 bits per heavy atom. The van der Waals surface area contributed by atoms with Crippen molar-refractivity contribution in [3.05, 3.63) is 41.4 Å². The fraction of sp³-hybridized carbons (Fsp3) is 0.100. The largest absolute Gasteiger partial charge is 0.325 e. The van der Waals surface area contributed by atoms with E-state index in [1.165, 1.54) is 12.1 Å². The van der Waals surface area contributed by atoms with Crippen molar-refractivity contribution in [3.8, 4) is 0 Å². The number of benzene rings is 1. The maximum Gasteiger partial charge on any atom is 0.207 e. The maximum absolute atomic E-state index is 13.0. The molecule has 0 atom stereocenters. The van der Waals surface area contributed by atoms with E-state index in [1.807, 2.05) is 7.05 Å². The summed E-state index contributed by atoms with van der Waals surface area (Å²) in [5.74, 6) is 0.260. The standard InChI is InChI=1S/C10H9ClFN3/c1-15-3-2-13-10(15)14-9-5-7(11)4-8(12)6-9/h2-6H,1H3,(H,13,14). The van der Waals surface area contributed by atoms with Crippen LogP contribution in [0.5, 0.6) is 0 Å². The predicted molar refractivity (Wildman–Crippen MR) is 57.9 cm³/mol. The number of anilines is 2. The van der Waals surface area contributed by atoms with Gasteiger partial charge in [-0.25, -0.2) is 9.37 Å². The van der Waals surface area contributed by atoms with E-state index in [0.29, 0.717) is 16.7 Å². The van der Waals surface area contributed by atoms with Crippen LogP contribution < -0.4 is 5.32 Å². The highest BCUT2D eigenvalue weighted by Gasteiger charge is 2.02. The van der Waals surface area contributed by atoms with Crippen molar-refractivity contribution in [1.82, 2.24) is 9.55 Å². The molecule has 0 bridgehead atoms. The lowest BCUT2D eigenvalue weighted by molar-refractivity contribution is 0.628. The Morgan fingerprint density at radius 3 is 2.80 bits per heavy atom. The van der Waals surface area contributed by atoms with Gasteiger partial charge in [0.15, 0.2) is 0 Å². The lowest BCUT2D eigenvalue weighted by atomic mass is 10.3. The topological polar surface area (TPSA) is 29.9 Å². The van der Waals surface area contributed by atoms with E-state index in [-0.39, 0.29) is 5.82 Å². The molecule has 0 radical (unpaired) electrons. The normalized spacial score (nSPS) is 10.3. The third-order valence-corrected chi connectivity index (χ3v) is 2.16. The second-order valence-corrected chi connectivity index (χ2v) is 3.58. The van der Waals surface area contributed by atoms with Gasteiger partial charge in [-0.1, -0.05) is 11.6 Å². The van der Waals surface area contributed by atoms with Crippen LogP contribution in [0.25, 0.3) is 0 Å². The number of aromatic nitrogens is 2. The van der Waals surface area contributed by atoms with Crippen LogP contribution in [0.15, 0.2) is 30.6 Å². The summed E-state index contributed by atoms with van der Waals surface area (Å²) < 4.78 is 14.8. The molecule has 0 aliphatic heterocycles. The number of nitrogens with one attached hydrogen (secondary N) is 1. The lowest BCUT2D eigenvalue weighted by Crippen LogP contribution is -1.98. The SMILES string of the molecule is Cn1ccnc1Nc1cc(F)cc(Cl)c1.